The average molecular weight is 895 g/mol. The monoisotopic (exact) mass is 895 g/mol. The van der Waals surface area contributed by atoms with Crippen LogP contribution >= 0.6 is 0 Å². The van der Waals surface area contributed by atoms with Crippen molar-refractivity contribution in [1.82, 2.24) is 0 Å². The maximum atomic E-state index is 12.7. The maximum Gasteiger partial charge on any atom is 0.310 e. The predicted octanol–water partition coefficient (Wildman–Crippen LogP) is 18.0. The van der Waals surface area contributed by atoms with Crippen molar-refractivity contribution in [2.45, 2.75) is 277 Å². The fraction of sp³-hybridized carbons (Fsp3) is 0.776. The summed E-state index contributed by atoms with van der Waals surface area (Å²) in [6.07, 6.45) is 65.2. The number of carbonyl (C=O) groups excluding carboxylic acids is 3. The average Bonchev–Trinajstić information content (AvgIpc) is 3.29. The number of esters is 3. The first-order valence-corrected chi connectivity index (χ1v) is 27.3. The molecule has 0 heterocycles. The van der Waals surface area contributed by atoms with Crippen molar-refractivity contribution in [3.63, 3.8) is 0 Å². The quantitative estimate of drug-likeness (QED) is 0.0262. The second-order valence-corrected chi connectivity index (χ2v) is 18.1. The first-order chi connectivity index (χ1) is 31.5. The van der Waals surface area contributed by atoms with Gasteiger partial charge in [-0.15, -0.1) is 0 Å². The molecule has 0 saturated carbocycles. The molecule has 1 atom stereocenters. The lowest BCUT2D eigenvalue weighted by molar-refractivity contribution is -0.166. The van der Waals surface area contributed by atoms with Crippen molar-refractivity contribution >= 4 is 17.9 Å². The molecule has 6 heteroatoms. The lowest BCUT2D eigenvalue weighted by Gasteiger charge is -2.18. The van der Waals surface area contributed by atoms with Gasteiger partial charge < -0.3 is 14.2 Å². The maximum absolute atomic E-state index is 12.7. The van der Waals surface area contributed by atoms with Crippen LogP contribution < -0.4 is 0 Å². The van der Waals surface area contributed by atoms with Crippen LogP contribution in [0.5, 0.6) is 0 Å². The second kappa shape index (κ2) is 52.7. The summed E-state index contributed by atoms with van der Waals surface area (Å²) in [7, 11) is 0. The van der Waals surface area contributed by atoms with Crippen molar-refractivity contribution in [1.29, 1.82) is 0 Å². The topological polar surface area (TPSA) is 78.9 Å². The first kappa shape index (κ1) is 61.1. The highest BCUT2D eigenvalue weighted by Crippen LogP contribution is 2.16. The van der Waals surface area contributed by atoms with Gasteiger partial charge in [0.25, 0.3) is 0 Å². The first-order valence-electron chi connectivity index (χ1n) is 27.3. The molecule has 0 saturated heterocycles. The highest BCUT2D eigenvalue weighted by Gasteiger charge is 2.19. The van der Waals surface area contributed by atoms with Crippen molar-refractivity contribution in [2.24, 2.45) is 0 Å². The largest absolute Gasteiger partial charge is 0.462 e. The molecule has 0 bridgehead atoms. The van der Waals surface area contributed by atoms with E-state index < -0.39 is 12.1 Å². The molecule has 370 valence electrons. The number of hydrogen-bond acceptors (Lipinski definition) is 6. The van der Waals surface area contributed by atoms with Crippen LogP contribution in [0.3, 0.4) is 0 Å². The summed E-state index contributed by atoms with van der Waals surface area (Å²) in [5.74, 6) is -1.03. The minimum atomic E-state index is -0.824. The lowest BCUT2D eigenvalue weighted by Crippen LogP contribution is -2.30. The SMILES string of the molecule is CC/C=C\C/C=C\C/C=C\C/C=C\C/C=C\CC(=O)OC(COC(=O)CCCCCCCCCCCCCCC)COC(=O)CCCCCCCCCCCCCCCCCCCC. The Morgan fingerprint density at radius 2 is 0.594 bits per heavy atom. The van der Waals surface area contributed by atoms with E-state index in [2.05, 4.69) is 69.4 Å². The molecular formula is C58H102O6. The van der Waals surface area contributed by atoms with E-state index in [1.165, 1.54) is 161 Å². The second-order valence-electron chi connectivity index (χ2n) is 18.1. The Kier molecular flexibility index (Phi) is 50.4. The fourth-order valence-corrected chi connectivity index (χ4v) is 7.75. The van der Waals surface area contributed by atoms with E-state index in [4.69, 9.17) is 14.2 Å². The zero-order valence-electron chi connectivity index (χ0n) is 42.3. The summed E-state index contributed by atoms with van der Waals surface area (Å²) in [4.78, 5) is 38.0. The van der Waals surface area contributed by atoms with Crippen LogP contribution in [0.2, 0.25) is 0 Å². The molecule has 0 aliphatic carbocycles. The van der Waals surface area contributed by atoms with E-state index in [9.17, 15) is 14.4 Å². The molecule has 0 rings (SSSR count). The number of hydrogen-bond donors (Lipinski definition) is 0. The van der Waals surface area contributed by atoms with Gasteiger partial charge in [0.05, 0.1) is 6.42 Å². The fourth-order valence-electron chi connectivity index (χ4n) is 7.75. The number of allylic oxidation sites excluding steroid dienone is 9. The molecule has 6 nitrogen and oxygen atoms in total. The Morgan fingerprint density at radius 3 is 0.891 bits per heavy atom. The number of rotatable bonds is 49. The van der Waals surface area contributed by atoms with Crippen LogP contribution in [0.1, 0.15) is 271 Å². The van der Waals surface area contributed by atoms with Crippen LogP contribution in [0, 0.1) is 0 Å². The highest BCUT2D eigenvalue weighted by molar-refractivity contribution is 5.72. The van der Waals surface area contributed by atoms with Gasteiger partial charge in [-0.05, 0) is 44.9 Å². The molecule has 0 aromatic rings. The summed E-state index contributed by atoms with van der Waals surface area (Å²) in [6.45, 7) is 6.47. The molecule has 0 amide bonds. The summed E-state index contributed by atoms with van der Waals surface area (Å²) < 4.78 is 16.7. The normalized spacial score (nSPS) is 12.5. The summed E-state index contributed by atoms with van der Waals surface area (Å²) in [5.41, 5.74) is 0. The Hall–Kier alpha value is -2.89. The van der Waals surface area contributed by atoms with E-state index in [1.54, 1.807) is 6.08 Å². The smallest absolute Gasteiger partial charge is 0.310 e. The summed E-state index contributed by atoms with van der Waals surface area (Å²) >= 11 is 0. The highest BCUT2D eigenvalue weighted by atomic mass is 16.6. The van der Waals surface area contributed by atoms with Gasteiger partial charge in [0.15, 0.2) is 6.10 Å². The summed E-state index contributed by atoms with van der Waals surface area (Å²) in [5, 5.41) is 0. The molecule has 0 radical (unpaired) electrons. The van der Waals surface area contributed by atoms with Gasteiger partial charge in [0.2, 0.25) is 0 Å². The van der Waals surface area contributed by atoms with Gasteiger partial charge in [0, 0.05) is 12.8 Å². The molecule has 0 aromatic heterocycles. The predicted molar refractivity (Wildman–Crippen MR) is 275 cm³/mol. The molecule has 0 aliphatic heterocycles. The van der Waals surface area contributed by atoms with Crippen LogP contribution in [0.25, 0.3) is 0 Å². The minimum Gasteiger partial charge on any atom is -0.462 e. The summed E-state index contributed by atoms with van der Waals surface area (Å²) in [6, 6.07) is 0. The van der Waals surface area contributed by atoms with Gasteiger partial charge >= 0.3 is 17.9 Å². The van der Waals surface area contributed by atoms with E-state index in [1.807, 2.05) is 6.08 Å². The van der Waals surface area contributed by atoms with Crippen molar-refractivity contribution in [3.8, 4) is 0 Å². The molecule has 0 N–H and O–H groups in total. The van der Waals surface area contributed by atoms with Gasteiger partial charge in [0.1, 0.15) is 13.2 Å². The number of carbonyl (C=O) groups is 3. The molecular weight excluding hydrogens is 793 g/mol. The van der Waals surface area contributed by atoms with E-state index >= 15 is 0 Å². The van der Waals surface area contributed by atoms with Gasteiger partial charge in [-0.3, -0.25) is 14.4 Å². The molecule has 0 aliphatic rings. The molecule has 1 unspecified atom stereocenters. The van der Waals surface area contributed by atoms with Gasteiger partial charge in [-0.1, -0.05) is 268 Å². The van der Waals surface area contributed by atoms with E-state index in [0.717, 1.165) is 70.6 Å². The van der Waals surface area contributed by atoms with Crippen LogP contribution in [0.15, 0.2) is 60.8 Å². The van der Waals surface area contributed by atoms with E-state index in [-0.39, 0.29) is 31.6 Å². The third kappa shape index (κ3) is 50.1. The third-order valence-electron chi connectivity index (χ3n) is 11.8. The minimum absolute atomic E-state index is 0.101. The van der Waals surface area contributed by atoms with Gasteiger partial charge in [-0.2, -0.15) is 0 Å². The Bertz CT molecular complexity index is 1170. The molecule has 0 fully saturated rings. The Labute approximate surface area is 396 Å². The van der Waals surface area contributed by atoms with Crippen molar-refractivity contribution in [2.75, 3.05) is 13.2 Å². The van der Waals surface area contributed by atoms with Crippen LogP contribution in [0.4, 0.5) is 0 Å². The van der Waals surface area contributed by atoms with E-state index in [0.29, 0.717) is 12.8 Å². The Morgan fingerprint density at radius 1 is 0.328 bits per heavy atom. The lowest BCUT2D eigenvalue weighted by atomic mass is 10.0. The Balaban J connectivity index is 4.43. The van der Waals surface area contributed by atoms with Crippen LogP contribution in [-0.2, 0) is 28.6 Å². The molecule has 0 spiro atoms. The van der Waals surface area contributed by atoms with Crippen molar-refractivity contribution in [3.05, 3.63) is 60.8 Å². The zero-order valence-corrected chi connectivity index (χ0v) is 42.3. The van der Waals surface area contributed by atoms with Crippen LogP contribution in [-0.4, -0.2) is 37.2 Å². The third-order valence-corrected chi connectivity index (χ3v) is 11.8. The molecule has 0 aromatic carbocycles. The molecule has 64 heavy (non-hydrogen) atoms. The van der Waals surface area contributed by atoms with Crippen molar-refractivity contribution < 1.29 is 28.6 Å². The zero-order chi connectivity index (χ0) is 46.5. The van der Waals surface area contributed by atoms with Gasteiger partial charge in [-0.25, -0.2) is 0 Å². The standard InChI is InChI=1S/C58H102O6/c1-4-7-10-13-16-19-22-25-27-28-29-31-33-36-39-42-45-48-51-57(60)63-54-55(53-62-56(59)50-47-44-41-38-35-32-24-21-18-15-12-9-6-3)64-58(61)52-49-46-43-40-37-34-30-26-23-20-17-14-11-8-5-2/h8,11,17,20,26,30,37,40,46,49,55H,4-7,9-10,12-16,18-19,21-25,27-29,31-36,38-39,41-45,47-48,50-54H2,1-3H3/b11-8-,20-17-,30-26-,40-37-,49-46-. The number of unbranched alkanes of at least 4 members (excludes halogenated alkanes) is 29. The number of ether oxygens (including phenoxy) is 3.